The molecule has 3 rings (SSSR count). The van der Waals surface area contributed by atoms with Crippen LogP contribution < -0.4 is 14.8 Å². The van der Waals surface area contributed by atoms with E-state index in [0.29, 0.717) is 5.56 Å². The zero-order chi connectivity index (χ0) is 14.2. The van der Waals surface area contributed by atoms with Gasteiger partial charge in [0.1, 0.15) is 6.67 Å². The van der Waals surface area contributed by atoms with E-state index in [9.17, 15) is 13.2 Å². The van der Waals surface area contributed by atoms with E-state index in [2.05, 4.69) is 14.8 Å². The van der Waals surface area contributed by atoms with Crippen LogP contribution in [0.25, 0.3) is 0 Å². The molecule has 1 aromatic rings. The van der Waals surface area contributed by atoms with Crippen LogP contribution in [-0.4, -0.2) is 44.0 Å². The molecule has 0 unspecified atom stereocenters. The number of halogens is 3. The molecule has 1 saturated heterocycles. The lowest BCUT2D eigenvalue weighted by Crippen LogP contribution is -2.45. The van der Waals surface area contributed by atoms with Crippen molar-refractivity contribution in [3.8, 4) is 11.5 Å². The van der Waals surface area contributed by atoms with E-state index in [1.54, 1.807) is 6.07 Å². The van der Waals surface area contributed by atoms with Crippen molar-refractivity contribution in [2.24, 2.45) is 0 Å². The first kappa shape index (κ1) is 13.5. The van der Waals surface area contributed by atoms with Gasteiger partial charge in [0.05, 0.1) is 6.04 Å². The Bertz CT molecular complexity index is 493. The number of hydrogen-bond acceptors (Lipinski definition) is 4. The van der Waals surface area contributed by atoms with Gasteiger partial charge in [0.25, 0.3) is 0 Å². The van der Waals surface area contributed by atoms with Gasteiger partial charge in [-0.1, -0.05) is 6.07 Å². The number of alkyl halides is 3. The highest BCUT2D eigenvalue weighted by molar-refractivity contribution is 5.46. The van der Waals surface area contributed by atoms with Gasteiger partial charge in [-0.2, -0.15) is 0 Å². The molecule has 0 aromatic heterocycles. The molecule has 1 N–H and O–H groups in total. The van der Waals surface area contributed by atoms with Crippen LogP contribution in [0.1, 0.15) is 11.6 Å². The number of nitrogens with zero attached hydrogens (tertiary/aromatic N) is 1. The van der Waals surface area contributed by atoms with E-state index in [1.807, 2.05) is 4.90 Å². The number of rotatable bonds is 3. The largest absolute Gasteiger partial charge is 0.586 e. The number of piperazine rings is 1. The lowest BCUT2D eigenvalue weighted by atomic mass is 10.0. The van der Waals surface area contributed by atoms with Gasteiger partial charge in [-0.25, -0.2) is 4.39 Å². The summed E-state index contributed by atoms with van der Waals surface area (Å²) in [5, 5.41) is 3.19. The van der Waals surface area contributed by atoms with Crippen LogP contribution in [-0.2, 0) is 0 Å². The van der Waals surface area contributed by atoms with Crippen molar-refractivity contribution in [3.63, 3.8) is 0 Å². The maximum absolute atomic E-state index is 13.3. The van der Waals surface area contributed by atoms with Crippen molar-refractivity contribution in [2.45, 2.75) is 12.3 Å². The SMILES string of the molecule is FC[C@H](c1ccc2c(c1)OC(F)(F)O2)N1CCNCC1. The van der Waals surface area contributed by atoms with E-state index in [-0.39, 0.29) is 11.5 Å². The Labute approximate surface area is 114 Å². The second-order valence-electron chi connectivity index (χ2n) is 4.83. The first-order chi connectivity index (χ1) is 9.59. The van der Waals surface area contributed by atoms with E-state index < -0.39 is 19.0 Å². The van der Waals surface area contributed by atoms with Gasteiger partial charge in [-0.05, 0) is 17.7 Å². The Morgan fingerprint density at radius 2 is 1.90 bits per heavy atom. The fourth-order valence-corrected chi connectivity index (χ4v) is 2.56. The molecule has 0 aliphatic carbocycles. The second-order valence-corrected chi connectivity index (χ2v) is 4.83. The quantitative estimate of drug-likeness (QED) is 0.921. The average molecular weight is 288 g/mol. The van der Waals surface area contributed by atoms with Gasteiger partial charge < -0.3 is 14.8 Å². The lowest BCUT2D eigenvalue weighted by molar-refractivity contribution is -0.286. The van der Waals surface area contributed by atoms with Gasteiger partial charge in [0.2, 0.25) is 0 Å². The molecule has 2 aliphatic rings. The molecule has 7 heteroatoms. The predicted molar refractivity (Wildman–Crippen MR) is 65.8 cm³/mol. The van der Waals surface area contributed by atoms with E-state index in [4.69, 9.17) is 0 Å². The Balaban J connectivity index is 1.83. The third kappa shape index (κ3) is 2.55. The van der Waals surface area contributed by atoms with Crippen LogP contribution in [0, 0.1) is 0 Å². The summed E-state index contributed by atoms with van der Waals surface area (Å²) in [7, 11) is 0. The topological polar surface area (TPSA) is 33.7 Å². The molecular weight excluding hydrogens is 273 g/mol. The molecule has 0 radical (unpaired) electrons. The second kappa shape index (κ2) is 5.14. The van der Waals surface area contributed by atoms with Crippen LogP contribution in [0.15, 0.2) is 18.2 Å². The minimum atomic E-state index is -3.64. The maximum atomic E-state index is 13.3. The van der Waals surface area contributed by atoms with Gasteiger partial charge in [0.15, 0.2) is 11.5 Å². The zero-order valence-electron chi connectivity index (χ0n) is 10.7. The van der Waals surface area contributed by atoms with Gasteiger partial charge in [0, 0.05) is 26.2 Å². The molecule has 0 bridgehead atoms. The number of nitrogens with one attached hydrogen (secondary N) is 1. The molecule has 2 aliphatic heterocycles. The Morgan fingerprint density at radius 3 is 2.60 bits per heavy atom. The van der Waals surface area contributed by atoms with E-state index in [1.165, 1.54) is 12.1 Å². The van der Waals surface area contributed by atoms with Gasteiger partial charge in [-0.15, -0.1) is 8.78 Å². The Hall–Kier alpha value is -1.47. The first-order valence-electron chi connectivity index (χ1n) is 6.49. The van der Waals surface area contributed by atoms with Crippen LogP contribution in [0.3, 0.4) is 0 Å². The molecule has 110 valence electrons. The summed E-state index contributed by atoms with van der Waals surface area (Å²) in [5.74, 6) is -0.0576. The van der Waals surface area contributed by atoms with Crippen molar-refractivity contribution in [1.29, 1.82) is 0 Å². The van der Waals surface area contributed by atoms with Crippen molar-refractivity contribution in [2.75, 3.05) is 32.9 Å². The van der Waals surface area contributed by atoms with Crippen molar-refractivity contribution < 1.29 is 22.6 Å². The molecule has 0 spiro atoms. The highest BCUT2D eigenvalue weighted by Gasteiger charge is 2.43. The number of ether oxygens (including phenoxy) is 2. The maximum Gasteiger partial charge on any atom is 0.586 e. The van der Waals surface area contributed by atoms with Crippen LogP contribution in [0.5, 0.6) is 11.5 Å². The smallest absolute Gasteiger partial charge is 0.395 e. The third-order valence-electron chi connectivity index (χ3n) is 3.55. The zero-order valence-corrected chi connectivity index (χ0v) is 10.7. The molecule has 2 heterocycles. The highest BCUT2D eigenvalue weighted by atomic mass is 19.3. The molecule has 4 nitrogen and oxygen atoms in total. The van der Waals surface area contributed by atoms with E-state index >= 15 is 0 Å². The van der Waals surface area contributed by atoms with E-state index in [0.717, 1.165) is 26.2 Å². The summed E-state index contributed by atoms with van der Waals surface area (Å²) in [6.07, 6.45) is -3.64. The third-order valence-corrected chi connectivity index (χ3v) is 3.55. The van der Waals surface area contributed by atoms with Crippen LogP contribution >= 0.6 is 0 Å². The molecule has 0 amide bonds. The summed E-state index contributed by atoms with van der Waals surface area (Å²) >= 11 is 0. The summed E-state index contributed by atoms with van der Waals surface area (Å²) in [6.45, 7) is 2.45. The fourth-order valence-electron chi connectivity index (χ4n) is 2.56. The standard InChI is InChI=1S/C13H15F3N2O2/c14-8-10(18-5-3-17-4-6-18)9-1-2-11-12(7-9)20-13(15,16)19-11/h1-2,7,10,17H,3-6,8H2/t10-/m1/s1. The molecule has 1 aromatic carbocycles. The summed E-state index contributed by atoms with van der Waals surface area (Å²) < 4.78 is 48.0. The van der Waals surface area contributed by atoms with Crippen LogP contribution in [0.4, 0.5) is 13.2 Å². The monoisotopic (exact) mass is 288 g/mol. The fraction of sp³-hybridized carbons (Fsp3) is 0.538. The van der Waals surface area contributed by atoms with Crippen LogP contribution in [0.2, 0.25) is 0 Å². The van der Waals surface area contributed by atoms with Gasteiger partial charge >= 0.3 is 6.29 Å². The summed E-state index contributed by atoms with van der Waals surface area (Å²) in [6, 6.07) is 4.00. The van der Waals surface area contributed by atoms with Crippen molar-refractivity contribution >= 4 is 0 Å². The highest BCUT2D eigenvalue weighted by Crippen LogP contribution is 2.42. The summed E-state index contributed by atoms with van der Waals surface area (Å²) in [5.41, 5.74) is 0.620. The number of benzene rings is 1. The Kier molecular flexibility index (Phi) is 3.47. The average Bonchev–Trinajstić information content (AvgIpc) is 2.74. The molecule has 1 fully saturated rings. The number of fused-ring (bicyclic) bond motifs is 1. The first-order valence-corrected chi connectivity index (χ1v) is 6.49. The Morgan fingerprint density at radius 1 is 1.20 bits per heavy atom. The number of hydrogen-bond donors (Lipinski definition) is 1. The predicted octanol–water partition coefficient (Wildman–Crippen LogP) is 1.92. The normalized spacial score (nSPS) is 22.8. The van der Waals surface area contributed by atoms with Gasteiger partial charge in [-0.3, -0.25) is 4.90 Å². The minimum Gasteiger partial charge on any atom is -0.395 e. The lowest BCUT2D eigenvalue weighted by Gasteiger charge is -2.33. The molecule has 20 heavy (non-hydrogen) atoms. The molecule has 0 saturated carbocycles. The van der Waals surface area contributed by atoms with Crippen molar-refractivity contribution in [3.05, 3.63) is 23.8 Å². The molecule has 1 atom stereocenters. The van der Waals surface area contributed by atoms with Crippen molar-refractivity contribution in [1.82, 2.24) is 10.2 Å². The molecular formula is C13H15F3N2O2. The summed E-state index contributed by atoms with van der Waals surface area (Å²) in [4.78, 5) is 1.99. The minimum absolute atomic E-state index is 0.0170.